The smallest absolute Gasteiger partial charge is 0.305 e. The molecule has 0 heterocycles. The van der Waals surface area contributed by atoms with Crippen molar-refractivity contribution in [3.8, 4) is 0 Å². The van der Waals surface area contributed by atoms with E-state index >= 15 is 0 Å². The van der Waals surface area contributed by atoms with E-state index in [0.29, 0.717) is 0 Å². The van der Waals surface area contributed by atoms with Crippen LogP contribution in [0.2, 0.25) is 0 Å². The van der Waals surface area contributed by atoms with Crippen LogP contribution in [0.5, 0.6) is 0 Å². The molecule has 4 heteroatoms. The predicted octanol–water partition coefficient (Wildman–Crippen LogP) is 1.79. The summed E-state index contributed by atoms with van der Waals surface area (Å²) in [5, 5.41) is 11.5. The minimum absolute atomic E-state index is 0.0259. The number of carbonyl (C=O) groups excluding carboxylic acids is 1. The maximum Gasteiger partial charge on any atom is 0.305 e. The molecule has 2 N–H and O–H groups in total. The van der Waals surface area contributed by atoms with Crippen molar-refractivity contribution in [2.45, 2.75) is 44.9 Å². The Hall–Kier alpha value is -1.06. The number of aliphatic carboxylic acids is 1. The monoisotopic (exact) mass is 251 g/mol. The van der Waals surface area contributed by atoms with Crippen LogP contribution in [0.1, 0.15) is 44.9 Å². The third-order valence-corrected chi connectivity index (χ3v) is 5.14. The molecule has 1 amide bonds. The second-order valence-corrected chi connectivity index (χ2v) is 6.60. The molecule has 0 aliphatic heterocycles. The van der Waals surface area contributed by atoms with Crippen LogP contribution in [-0.4, -0.2) is 23.5 Å². The maximum atomic E-state index is 12.4. The first kappa shape index (κ1) is 12.0. The summed E-state index contributed by atoms with van der Waals surface area (Å²) in [6.07, 6.45) is 7.11. The molecule has 4 fully saturated rings. The molecule has 4 aliphatic carbocycles. The van der Waals surface area contributed by atoms with Crippen LogP contribution in [0, 0.1) is 23.2 Å². The molecule has 0 saturated heterocycles. The lowest BCUT2D eigenvalue weighted by molar-refractivity contribution is -0.146. The molecule has 4 aliphatic rings. The molecule has 0 spiro atoms. The Labute approximate surface area is 107 Å². The largest absolute Gasteiger partial charge is 0.481 e. The van der Waals surface area contributed by atoms with Crippen molar-refractivity contribution in [3.63, 3.8) is 0 Å². The first-order chi connectivity index (χ1) is 8.57. The Bertz CT molecular complexity index is 342. The van der Waals surface area contributed by atoms with Gasteiger partial charge in [-0.2, -0.15) is 0 Å². The number of carboxylic acids is 1. The number of carboxylic acid groups (broad SMARTS) is 1. The van der Waals surface area contributed by atoms with Gasteiger partial charge in [-0.05, 0) is 56.3 Å². The van der Waals surface area contributed by atoms with Gasteiger partial charge in [0, 0.05) is 12.0 Å². The van der Waals surface area contributed by atoms with Crippen molar-refractivity contribution in [1.82, 2.24) is 5.32 Å². The van der Waals surface area contributed by atoms with E-state index in [4.69, 9.17) is 5.11 Å². The molecular formula is C14H21NO3. The van der Waals surface area contributed by atoms with Crippen molar-refractivity contribution in [2.24, 2.45) is 23.2 Å². The summed E-state index contributed by atoms with van der Waals surface area (Å²) in [5.41, 5.74) is -0.146. The summed E-state index contributed by atoms with van der Waals surface area (Å²) in [6, 6.07) is 0. The van der Waals surface area contributed by atoms with E-state index in [1.165, 1.54) is 19.3 Å². The van der Waals surface area contributed by atoms with Gasteiger partial charge in [0.2, 0.25) is 5.91 Å². The molecule has 0 unspecified atom stereocenters. The van der Waals surface area contributed by atoms with Gasteiger partial charge < -0.3 is 10.4 Å². The summed E-state index contributed by atoms with van der Waals surface area (Å²) in [6.45, 7) is 0.274. The average Bonchev–Trinajstić information content (AvgIpc) is 2.26. The summed E-state index contributed by atoms with van der Waals surface area (Å²) < 4.78 is 0. The van der Waals surface area contributed by atoms with Gasteiger partial charge in [0.25, 0.3) is 0 Å². The van der Waals surface area contributed by atoms with Gasteiger partial charge in [-0.15, -0.1) is 0 Å². The number of hydrogen-bond donors (Lipinski definition) is 2. The Morgan fingerprint density at radius 1 is 1.06 bits per heavy atom. The third kappa shape index (κ3) is 2.02. The number of rotatable bonds is 4. The number of amides is 1. The molecule has 4 rings (SSSR count). The highest BCUT2D eigenvalue weighted by Crippen LogP contribution is 2.60. The SMILES string of the molecule is O=C(O)CCNC(=O)C12CC3CC(CC(C3)C1)C2. The zero-order valence-corrected chi connectivity index (χ0v) is 10.7. The summed E-state index contributed by atoms with van der Waals surface area (Å²) in [5.74, 6) is 1.54. The van der Waals surface area contributed by atoms with Crippen LogP contribution in [0.25, 0.3) is 0 Å². The summed E-state index contributed by atoms with van der Waals surface area (Å²) >= 11 is 0. The van der Waals surface area contributed by atoms with Crippen molar-refractivity contribution in [1.29, 1.82) is 0 Å². The van der Waals surface area contributed by atoms with E-state index in [9.17, 15) is 9.59 Å². The lowest BCUT2D eigenvalue weighted by Gasteiger charge is -2.55. The van der Waals surface area contributed by atoms with Crippen molar-refractivity contribution >= 4 is 11.9 Å². The molecule has 18 heavy (non-hydrogen) atoms. The zero-order valence-electron chi connectivity index (χ0n) is 10.7. The number of hydrogen-bond acceptors (Lipinski definition) is 2. The number of nitrogens with one attached hydrogen (secondary N) is 1. The molecule has 0 aromatic heterocycles. The van der Waals surface area contributed by atoms with E-state index in [0.717, 1.165) is 37.0 Å². The van der Waals surface area contributed by atoms with Crippen molar-refractivity contribution < 1.29 is 14.7 Å². The molecule has 4 bridgehead atoms. The van der Waals surface area contributed by atoms with Crippen molar-refractivity contribution in [3.05, 3.63) is 0 Å². The van der Waals surface area contributed by atoms with Gasteiger partial charge in [0.05, 0.1) is 6.42 Å². The highest BCUT2D eigenvalue weighted by Gasteiger charge is 2.54. The Balaban J connectivity index is 1.64. The van der Waals surface area contributed by atoms with E-state index in [1.54, 1.807) is 0 Å². The highest BCUT2D eigenvalue weighted by molar-refractivity contribution is 5.83. The first-order valence-corrected chi connectivity index (χ1v) is 7.07. The zero-order chi connectivity index (χ0) is 12.8. The van der Waals surface area contributed by atoms with Crippen molar-refractivity contribution in [2.75, 3.05) is 6.54 Å². The van der Waals surface area contributed by atoms with E-state index in [1.807, 2.05) is 0 Å². The predicted molar refractivity (Wildman–Crippen MR) is 65.9 cm³/mol. The van der Waals surface area contributed by atoms with Gasteiger partial charge in [0.1, 0.15) is 0 Å². The molecule has 100 valence electrons. The maximum absolute atomic E-state index is 12.4. The Morgan fingerprint density at radius 3 is 2.00 bits per heavy atom. The quantitative estimate of drug-likeness (QED) is 0.800. The minimum atomic E-state index is -0.846. The molecule has 0 aromatic carbocycles. The second kappa shape index (κ2) is 4.25. The topological polar surface area (TPSA) is 66.4 Å². The second-order valence-electron chi connectivity index (χ2n) is 6.60. The van der Waals surface area contributed by atoms with Gasteiger partial charge in [-0.25, -0.2) is 0 Å². The number of carbonyl (C=O) groups is 2. The van der Waals surface area contributed by atoms with Crippen LogP contribution in [0.4, 0.5) is 0 Å². The van der Waals surface area contributed by atoms with Crippen LogP contribution < -0.4 is 5.32 Å². The Kier molecular flexibility index (Phi) is 2.83. The highest BCUT2D eigenvalue weighted by atomic mass is 16.4. The third-order valence-electron chi connectivity index (χ3n) is 5.14. The normalized spacial score (nSPS) is 40.8. The summed E-state index contributed by atoms with van der Waals surface area (Å²) in [4.78, 5) is 22.9. The van der Waals surface area contributed by atoms with Crippen LogP contribution in [-0.2, 0) is 9.59 Å². The summed E-state index contributed by atoms with van der Waals surface area (Å²) in [7, 11) is 0. The Morgan fingerprint density at radius 2 is 1.56 bits per heavy atom. The molecule has 0 atom stereocenters. The van der Waals surface area contributed by atoms with Gasteiger partial charge in [-0.3, -0.25) is 9.59 Å². The molecule has 4 saturated carbocycles. The average molecular weight is 251 g/mol. The molecule has 0 radical (unpaired) electrons. The van der Waals surface area contributed by atoms with Crippen LogP contribution >= 0.6 is 0 Å². The lowest BCUT2D eigenvalue weighted by Crippen LogP contribution is -2.53. The van der Waals surface area contributed by atoms with Gasteiger partial charge >= 0.3 is 5.97 Å². The van der Waals surface area contributed by atoms with E-state index in [2.05, 4.69) is 5.32 Å². The van der Waals surface area contributed by atoms with Gasteiger partial charge in [0.15, 0.2) is 0 Å². The fourth-order valence-corrected chi connectivity index (χ4v) is 4.86. The standard InChI is InChI=1S/C14H21NO3/c16-12(17)1-2-15-13(18)14-6-9-3-10(7-14)5-11(4-9)8-14/h9-11H,1-8H2,(H,15,18)(H,16,17). The molecule has 0 aromatic rings. The van der Waals surface area contributed by atoms with E-state index in [-0.39, 0.29) is 24.3 Å². The molecule has 4 nitrogen and oxygen atoms in total. The minimum Gasteiger partial charge on any atom is -0.481 e. The van der Waals surface area contributed by atoms with Crippen LogP contribution in [0.3, 0.4) is 0 Å². The fraction of sp³-hybridized carbons (Fsp3) is 0.857. The van der Waals surface area contributed by atoms with Gasteiger partial charge in [-0.1, -0.05) is 0 Å². The van der Waals surface area contributed by atoms with E-state index < -0.39 is 5.97 Å². The lowest BCUT2D eigenvalue weighted by atomic mass is 9.49. The van der Waals surface area contributed by atoms with Crippen LogP contribution in [0.15, 0.2) is 0 Å². The fourth-order valence-electron chi connectivity index (χ4n) is 4.86. The first-order valence-electron chi connectivity index (χ1n) is 7.07. The molecular weight excluding hydrogens is 230 g/mol.